The SMILES string of the molecule is CCCC1CC(C(=O)O)CCN1. The lowest BCUT2D eigenvalue weighted by Gasteiger charge is -2.27. The van der Waals surface area contributed by atoms with Gasteiger partial charge in [0.25, 0.3) is 0 Å². The molecule has 1 fully saturated rings. The summed E-state index contributed by atoms with van der Waals surface area (Å²) in [6, 6.07) is 0.435. The van der Waals surface area contributed by atoms with Crippen molar-refractivity contribution in [2.24, 2.45) is 5.92 Å². The molecule has 0 aromatic rings. The van der Waals surface area contributed by atoms with Crippen LogP contribution in [0.25, 0.3) is 0 Å². The molecule has 3 nitrogen and oxygen atoms in total. The minimum atomic E-state index is -0.627. The summed E-state index contributed by atoms with van der Waals surface area (Å²) in [4.78, 5) is 10.7. The fourth-order valence-corrected chi connectivity index (χ4v) is 1.80. The van der Waals surface area contributed by atoms with Crippen LogP contribution in [-0.2, 0) is 4.79 Å². The molecule has 70 valence electrons. The Bertz CT molecular complexity index is 157. The van der Waals surface area contributed by atoms with Crippen LogP contribution in [0, 0.1) is 5.92 Å². The Labute approximate surface area is 73.2 Å². The number of nitrogens with one attached hydrogen (secondary N) is 1. The molecule has 1 aliphatic rings. The van der Waals surface area contributed by atoms with Crippen molar-refractivity contribution in [2.75, 3.05) is 6.54 Å². The molecule has 0 amide bonds. The van der Waals surface area contributed by atoms with Crippen molar-refractivity contribution in [2.45, 2.75) is 38.6 Å². The summed E-state index contributed by atoms with van der Waals surface area (Å²) in [6.07, 6.45) is 3.83. The van der Waals surface area contributed by atoms with Crippen LogP contribution in [0.5, 0.6) is 0 Å². The van der Waals surface area contributed by atoms with Crippen LogP contribution in [-0.4, -0.2) is 23.7 Å². The number of piperidine rings is 1. The third-order valence-corrected chi connectivity index (χ3v) is 2.48. The molecule has 3 heteroatoms. The second kappa shape index (κ2) is 4.45. The average Bonchev–Trinajstić information content (AvgIpc) is 2.05. The van der Waals surface area contributed by atoms with Gasteiger partial charge in [0.15, 0.2) is 0 Å². The molecule has 0 spiro atoms. The van der Waals surface area contributed by atoms with Gasteiger partial charge in [-0.1, -0.05) is 13.3 Å². The molecule has 1 aliphatic heterocycles. The standard InChI is InChI=1S/C9H17NO2/c1-2-3-8-6-7(9(11)12)4-5-10-8/h7-8,10H,2-6H2,1H3,(H,11,12). The smallest absolute Gasteiger partial charge is 0.306 e. The van der Waals surface area contributed by atoms with Gasteiger partial charge >= 0.3 is 5.97 Å². The molecule has 0 aromatic carbocycles. The number of hydrogen-bond donors (Lipinski definition) is 2. The predicted molar refractivity (Wildman–Crippen MR) is 47.1 cm³/mol. The lowest BCUT2D eigenvalue weighted by Crippen LogP contribution is -2.40. The topological polar surface area (TPSA) is 49.3 Å². The van der Waals surface area contributed by atoms with Gasteiger partial charge in [-0.15, -0.1) is 0 Å². The quantitative estimate of drug-likeness (QED) is 0.671. The molecule has 2 N–H and O–H groups in total. The highest BCUT2D eigenvalue weighted by Crippen LogP contribution is 2.18. The third kappa shape index (κ3) is 2.48. The summed E-state index contributed by atoms with van der Waals surface area (Å²) in [7, 11) is 0. The van der Waals surface area contributed by atoms with Gasteiger partial charge in [-0.2, -0.15) is 0 Å². The van der Waals surface area contributed by atoms with E-state index in [9.17, 15) is 4.79 Å². The van der Waals surface area contributed by atoms with E-state index in [2.05, 4.69) is 12.2 Å². The van der Waals surface area contributed by atoms with Crippen LogP contribution in [0.1, 0.15) is 32.6 Å². The first kappa shape index (κ1) is 9.52. The Kier molecular flexibility index (Phi) is 3.53. The van der Waals surface area contributed by atoms with E-state index in [1.165, 1.54) is 0 Å². The zero-order valence-electron chi connectivity index (χ0n) is 7.55. The molecule has 0 aromatic heterocycles. The minimum absolute atomic E-state index is 0.109. The van der Waals surface area contributed by atoms with E-state index in [1.54, 1.807) is 0 Å². The van der Waals surface area contributed by atoms with Gasteiger partial charge < -0.3 is 10.4 Å². The molecule has 1 saturated heterocycles. The first-order chi connectivity index (χ1) is 5.74. The summed E-state index contributed by atoms with van der Waals surface area (Å²) in [5, 5.41) is 12.1. The highest BCUT2D eigenvalue weighted by Gasteiger charge is 2.25. The van der Waals surface area contributed by atoms with Crippen LogP contribution in [0.3, 0.4) is 0 Å². The van der Waals surface area contributed by atoms with E-state index in [4.69, 9.17) is 5.11 Å². The zero-order chi connectivity index (χ0) is 8.97. The lowest BCUT2D eigenvalue weighted by atomic mass is 9.90. The molecule has 12 heavy (non-hydrogen) atoms. The van der Waals surface area contributed by atoms with Crippen molar-refractivity contribution in [3.05, 3.63) is 0 Å². The van der Waals surface area contributed by atoms with E-state index >= 15 is 0 Å². The maximum atomic E-state index is 10.7. The molecular formula is C9H17NO2. The zero-order valence-corrected chi connectivity index (χ0v) is 7.55. The first-order valence-corrected chi connectivity index (χ1v) is 4.70. The Morgan fingerprint density at radius 1 is 1.67 bits per heavy atom. The molecule has 2 unspecified atom stereocenters. The molecule has 0 saturated carbocycles. The molecule has 1 rings (SSSR count). The average molecular weight is 171 g/mol. The van der Waals surface area contributed by atoms with Gasteiger partial charge in [0.1, 0.15) is 0 Å². The first-order valence-electron chi connectivity index (χ1n) is 4.70. The Hall–Kier alpha value is -0.570. The van der Waals surface area contributed by atoms with Crippen molar-refractivity contribution in [1.82, 2.24) is 5.32 Å². The van der Waals surface area contributed by atoms with E-state index < -0.39 is 5.97 Å². The molecule has 0 bridgehead atoms. The molecular weight excluding hydrogens is 154 g/mol. The highest BCUT2D eigenvalue weighted by atomic mass is 16.4. The number of aliphatic carboxylic acids is 1. The fourth-order valence-electron chi connectivity index (χ4n) is 1.80. The molecule has 0 aliphatic carbocycles. The summed E-state index contributed by atoms with van der Waals surface area (Å²) in [5.74, 6) is -0.736. The van der Waals surface area contributed by atoms with E-state index in [-0.39, 0.29) is 5.92 Å². The van der Waals surface area contributed by atoms with Crippen molar-refractivity contribution in [3.63, 3.8) is 0 Å². The number of carboxylic acids is 1. The Morgan fingerprint density at radius 3 is 3.00 bits per heavy atom. The normalized spacial score (nSPS) is 30.1. The van der Waals surface area contributed by atoms with E-state index in [0.717, 1.165) is 32.2 Å². The highest BCUT2D eigenvalue weighted by molar-refractivity contribution is 5.70. The van der Waals surface area contributed by atoms with Crippen molar-refractivity contribution in [1.29, 1.82) is 0 Å². The second-order valence-electron chi connectivity index (χ2n) is 3.50. The summed E-state index contributed by atoms with van der Waals surface area (Å²) >= 11 is 0. The maximum Gasteiger partial charge on any atom is 0.306 e. The van der Waals surface area contributed by atoms with Gasteiger partial charge in [-0.3, -0.25) is 4.79 Å². The third-order valence-electron chi connectivity index (χ3n) is 2.48. The fraction of sp³-hybridized carbons (Fsp3) is 0.889. The van der Waals surface area contributed by atoms with E-state index in [1.807, 2.05) is 0 Å². The predicted octanol–water partition coefficient (Wildman–Crippen LogP) is 1.24. The number of carbonyl (C=O) groups is 1. The summed E-state index contributed by atoms with van der Waals surface area (Å²) in [6.45, 7) is 2.99. The van der Waals surface area contributed by atoms with Gasteiger partial charge in [0, 0.05) is 6.04 Å². The largest absolute Gasteiger partial charge is 0.481 e. The van der Waals surface area contributed by atoms with Crippen LogP contribution in [0.2, 0.25) is 0 Å². The Balaban J connectivity index is 2.35. The maximum absolute atomic E-state index is 10.7. The van der Waals surface area contributed by atoms with Crippen molar-refractivity contribution in [3.8, 4) is 0 Å². The van der Waals surface area contributed by atoms with Crippen LogP contribution < -0.4 is 5.32 Å². The van der Waals surface area contributed by atoms with Crippen molar-refractivity contribution < 1.29 is 9.90 Å². The van der Waals surface area contributed by atoms with Gasteiger partial charge in [-0.25, -0.2) is 0 Å². The number of hydrogen-bond acceptors (Lipinski definition) is 2. The van der Waals surface area contributed by atoms with Crippen LogP contribution >= 0.6 is 0 Å². The van der Waals surface area contributed by atoms with Gasteiger partial charge in [0.2, 0.25) is 0 Å². The summed E-state index contributed by atoms with van der Waals surface area (Å²) < 4.78 is 0. The number of rotatable bonds is 3. The number of carboxylic acid groups (broad SMARTS) is 1. The molecule has 0 radical (unpaired) electrons. The lowest BCUT2D eigenvalue weighted by molar-refractivity contribution is -0.143. The summed E-state index contributed by atoms with van der Waals surface area (Å²) in [5.41, 5.74) is 0. The van der Waals surface area contributed by atoms with E-state index in [0.29, 0.717) is 6.04 Å². The van der Waals surface area contributed by atoms with Gasteiger partial charge in [0.05, 0.1) is 5.92 Å². The Morgan fingerprint density at radius 2 is 2.42 bits per heavy atom. The molecule has 1 heterocycles. The van der Waals surface area contributed by atoms with Crippen molar-refractivity contribution >= 4 is 5.97 Å². The van der Waals surface area contributed by atoms with Gasteiger partial charge in [-0.05, 0) is 25.8 Å². The van der Waals surface area contributed by atoms with Crippen LogP contribution in [0.15, 0.2) is 0 Å². The van der Waals surface area contributed by atoms with Crippen LogP contribution in [0.4, 0.5) is 0 Å². The monoisotopic (exact) mass is 171 g/mol. The second-order valence-corrected chi connectivity index (χ2v) is 3.50. The molecule has 2 atom stereocenters. The minimum Gasteiger partial charge on any atom is -0.481 e.